The normalized spacial score (nSPS) is 23.9. The van der Waals surface area contributed by atoms with Crippen LogP contribution in [-0.2, 0) is 9.53 Å². The van der Waals surface area contributed by atoms with Crippen molar-refractivity contribution in [1.29, 1.82) is 0 Å². The Morgan fingerprint density at radius 3 is 2.96 bits per heavy atom. The molecule has 4 heterocycles. The molecule has 2 aromatic rings. The lowest BCUT2D eigenvalue weighted by atomic mass is 9.92. The van der Waals surface area contributed by atoms with Crippen LogP contribution in [0.15, 0.2) is 41.2 Å². The van der Waals surface area contributed by atoms with Gasteiger partial charge in [0.25, 0.3) is 5.91 Å². The number of anilines is 1. The van der Waals surface area contributed by atoms with Crippen LogP contribution in [0.2, 0.25) is 0 Å². The van der Waals surface area contributed by atoms with Gasteiger partial charge in [-0.2, -0.15) is 11.3 Å². The molecule has 4 rings (SSSR count). The number of pyridine rings is 1. The topological polar surface area (TPSA) is 62.7 Å². The summed E-state index contributed by atoms with van der Waals surface area (Å²) in [4.78, 5) is 33.3. The van der Waals surface area contributed by atoms with E-state index in [1.807, 2.05) is 21.7 Å². The van der Waals surface area contributed by atoms with Crippen molar-refractivity contribution >= 4 is 28.8 Å². The zero-order valence-electron chi connectivity index (χ0n) is 13.7. The highest BCUT2D eigenvalue weighted by atomic mass is 32.1. The van der Waals surface area contributed by atoms with E-state index in [9.17, 15) is 9.59 Å². The summed E-state index contributed by atoms with van der Waals surface area (Å²) in [7, 11) is 0. The molecule has 0 unspecified atom stereocenters. The van der Waals surface area contributed by atoms with Crippen LogP contribution in [-0.4, -0.2) is 54.0 Å². The van der Waals surface area contributed by atoms with Gasteiger partial charge in [-0.15, -0.1) is 0 Å². The molecule has 7 heteroatoms. The highest BCUT2D eigenvalue weighted by Crippen LogP contribution is 2.29. The predicted molar refractivity (Wildman–Crippen MR) is 94.7 cm³/mol. The van der Waals surface area contributed by atoms with Crippen molar-refractivity contribution < 1.29 is 14.3 Å². The molecule has 2 aromatic heterocycles. The van der Waals surface area contributed by atoms with Crippen LogP contribution in [0.1, 0.15) is 16.9 Å². The molecule has 2 atom stereocenters. The Kier molecular flexibility index (Phi) is 4.50. The molecule has 2 fully saturated rings. The number of fused-ring (bicyclic) bond motifs is 1. The van der Waals surface area contributed by atoms with Crippen molar-refractivity contribution in [3.8, 4) is 0 Å². The fraction of sp³-hybridized carbons (Fsp3) is 0.389. The van der Waals surface area contributed by atoms with E-state index in [4.69, 9.17) is 4.74 Å². The number of piperidine rings is 1. The monoisotopic (exact) mass is 357 g/mol. The Balaban J connectivity index is 1.49. The second-order valence-electron chi connectivity index (χ2n) is 6.24. The molecule has 2 saturated heterocycles. The van der Waals surface area contributed by atoms with Crippen LogP contribution < -0.4 is 4.90 Å². The van der Waals surface area contributed by atoms with Gasteiger partial charge in [-0.05, 0) is 30.0 Å². The first kappa shape index (κ1) is 16.2. The summed E-state index contributed by atoms with van der Waals surface area (Å²) < 4.78 is 5.95. The Labute approximate surface area is 150 Å². The summed E-state index contributed by atoms with van der Waals surface area (Å²) >= 11 is 1.58. The Morgan fingerprint density at radius 1 is 1.28 bits per heavy atom. The third-order valence-electron chi connectivity index (χ3n) is 4.78. The van der Waals surface area contributed by atoms with Crippen molar-refractivity contribution in [2.45, 2.75) is 12.5 Å². The second kappa shape index (κ2) is 6.93. The van der Waals surface area contributed by atoms with Crippen LogP contribution >= 0.6 is 11.3 Å². The quantitative estimate of drug-likeness (QED) is 0.825. The zero-order chi connectivity index (χ0) is 17.2. The Hall–Kier alpha value is -2.25. The number of aromatic nitrogens is 1. The molecule has 2 amide bonds. The summed E-state index contributed by atoms with van der Waals surface area (Å²) in [6.45, 7) is 2.01. The first-order valence-electron chi connectivity index (χ1n) is 8.39. The first-order valence-corrected chi connectivity index (χ1v) is 9.34. The lowest BCUT2D eigenvalue weighted by molar-refractivity contribution is -0.127. The minimum atomic E-state index is -0.252. The summed E-state index contributed by atoms with van der Waals surface area (Å²) in [6, 6.07) is 7.26. The molecule has 0 aromatic carbocycles. The second-order valence-corrected chi connectivity index (χ2v) is 7.02. The lowest BCUT2D eigenvalue weighted by Gasteiger charge is -2.36. The molecular formula is C18H19N3O3S. The molecule has 0 aliphatic carbocycles. The number of rotatable bonds is 2. The molecule has 25 heavy (non-hydrogen) atoms. The minimum Gasteiger partial charge on any atom is -0.374 e. The molecule has 2 aliphatic heterocycles. The van der Waals surface area contributed by atoms with Gasteiger partial charge in [0, 0.05) is 31.2 Å². The summed E-state index contributed by atoms with van der Waals surface area (Å²) in [5.41, 5.74) is 1.37. The maximum Gasteiger partial charge on any atom is 0.272 e. The van der Waals surface area contributed by atoms with E-state index in [0.717, 1.165) is 5.69 Å². The van der Waals surface area contributed by atoms with E-state index in [1.165, 1.54) is 0 Å². The van der Waals surface area contributed by atoms with Gasteiger partial charge in [0.15, 0.2) is 0 Å². The van der Waals surface area contributed by atoms with Crippen LogP contribution in [0.4, 0.5) is 5.69 Å². The van der Waals surface area contributed by atoms with Crippen molar-refractivity contribution in [2.24, 2.45) is 5.92 Å². The minimum absolute atomic E-state index is 0.103. The number of hydrogen-bond donors (Lipinski definition) is 0. The fourth-order valence-electron chi connectivity index (χ4n) is 3.48. The molecule has 0 spiro atoms. The summed E-state index contributed by atoms with van der Waals surface area (Å²) in [5.74, 6) is -0.199. The van der Waals surface area contributed by atoms with Crippen LogP contribution in [0.3, 0.4) is 0 Å². The zero-order valence-corrected chi connectivity index (χ0v) is 14.5. The van der Waals surface area contributed by atoms with Crippen molar-refractivity contribution in [3.05, 3.63) is 46.9 Å². The summed E-state index contributed by atoms with van der Waals surface area (Å²) in [6.07, 6.45) is 1.98. The smallest absolute Gasteiger partial charge is 0.272 e. The molecule has 0 N–H and O–H groups in total. The number of hydrogen-bond acceptors (Lipinski definition) is 5. The third-order valence-corrected chi connectivity index (χ3v) is 5.45. The molecule has 0 radical (unpaired) electrons. The highest BCUT2D eigenvalue weighted by molar-refractivity contribution is 7.08. The average molecular weight is 357 g/mol. The van der Waals surface area contributed by atoms with E-state index < -0.39 is 0 Å². The highest BCUT2D eigenvalue weighted by Gasteiger charge is 2.41. The van der Waals surface area contributed by atoms with Gasteiger partial charge in [0.2, 0.25) is 5.91 Å². The van der Waals surface area contributed by atoms with Gasteiger partial charge < -0.3 is 14.5 Å². The third kappa shape index (κ3) is 3.17. The number of thiophene rings is 1. The predicted octanol–water partition coefficient (Wildman–Crippen LogP) is 2.04. The van der Waals surface area contributed by atoms with E-state index in [2.05, 4.69) is 4.98 Å². The number of nitrogens with zero attached hydrogens (tertiary/aromatic N) is 3. The summed E-state index contributed by atoms with van der Waals surface area (Å²) in [5, 5.41) is 3.96. The van der Waals surface area contributed by atoms with Gasteiger partial charge >= 0.3 is 0 Å². The van der Waals surface area contributed by atoms with Gasteiger partial charge in [-0.3, -0.25) is 14.6 Å². The Bertz CT molecular complexity index is 750. The van der Waals surface area contributed by atoms with E-state index in [1.54, 1.807) is 40.6 Å². The van der Waals surface area contributed by atoms with E-state index in [0.29, 0.717) is 38.4 Å². The maximum absolute atomic E-state index is 13.0. The van der Waals surface area contributed by atoms with Crippen LogP contribution in [0.25, 0.3) is 0 Å². The van der Waals surface area contributed by atoms with Gasteiger partial charge in [-0.1, -0.05) is 6.07 Å². The van der Waals surface area contributed by atoms with E-state index in [-0.39, 0.29) is 23.8 Å². The molecule has 0 bridgehead atoms. The molecule has 2 aliphatic rings. The SMILES string of the molecule is O=C(c1ccccn1)N1CC[C@@H]2C(=O)N(c3ccsc3)CCO[C@@H]2C1. The molecule has 130 valence electrons. The fourth-order valence-corrected chi connectivity index (χ4v) is 4.12. The Morgan fingerprint density at radius 2 is 2.20 bits per heavy atom. The first-order chi connectivity index (χ1) is 12.2. The standard InChI is InChI=1S/C18H19N3O3S/c22-17-14-4-7-20(18(23)15-3-1-2-6-19-15)11-16(14)24-9-8-21(17)13-5-10-25-12-13/h1-3,5-6,10,12,14,16H,4,7-9,11H2/t14-,16+/m0/s1. The number of likely N-dealkylation sites (tertiary alicyclic amines) is 1. The van der Waals surface area contributed by atoms with Crippen LogP contribution in [0.5, 0.6) is 0 Å². The molecular weight excluding hydrogens is 338 g/mol. The number of ether oxygens (including phenoxy) is 1. The molecule has 6 nitrogen and oxygen atoms in total. The average Bonchev–Trinajstić information content (AvgIpc) is 3.13. The number of carbonyl (C=O) groups excluding carboxylic acids is 2. The van der Waals surface area contributed by atoms with Gasteiger partial charge in [-0.25, -0.2) is 0 Å². The molecule has 0 saturated carbocycles. The van der Waals surface area contributed by atoms with E-state index >= 15 is 0 Å². The largest absolute Gasteiger partial charge is 0.374 e. The van der Waals surface area contributed by atoms with Crippen molar-refractivity contribution in [2.75, 3.05) is 31.1 Å². The van der Waals surface area contributed by atoms with Crippen molar-refractivity contribution in [3.63, 3.8) is 0 Å². The van der Waals surface area contributed by atoms with Crippen LogP contribution in [0, 0.1) is 5.92 Å². The lowest BCUT2D eigenvalue weighted by Crippen LogP contribution is -2.51. The van der Waals surface area contributed by atoms with Crippen molar-refractivity contribution in [1.82, 2.24) is 9.88 Å². The number of amides is 2. The van der Waals surface area contributed by atoms with Gasteiger partial charge in [0.1, 0.15) is 5.69 Å². The van der Waals surface area contributed by atoms with Gasteiger partial charge in [0.05, 0.1) is 24.3 Å². The maximum atomic E-state index is 13.0. The number of carbonyl (C=O) groups is 2.